The highest BCUT2D eigenvalue weighted by Crippen LogP contribution is 2.29. The largest absolute Gasteiger partial charge is 0.476 e. The molecule has 0 bridgehead atoms. The van der Waals surface area contributed by atoms with E-state index in [-0.39, 0.29) is 24.8 Å². The van der Waals surface area contributed by atoms with Crippen molar-refractivity contribution in [3.05, 3.63) is 0 Å². The molecule has 3 nitrogen and oxygen atoms in total. The lowest BCUT2D eigenvalue weighted by Gasteiger charge is -2.22. The van der Waals surface area contributed by atoms with Crippen LogP contribution in [0.25, 0.3) is 0 Å². The molecule has 2 atom stereocenters. The highest BCUT2D eigenvalue weighted by molar-refractivity contribution is 7.78. The van der Waals surface area contributed by atoms with Crippen LogP contribution in [0, 0.1) is 5.92 Å². The van der Waals surface area contributed by atoms with Crippen molar-refractivity contribution in [1.29, 1.82) is 0 Å². The molecule has 15 heavy (non-hydrogen) atoms. The molecule has 0 radical (unpaired) electrons. The van der Waals surface area contributed by atoms with Crippen LogP contribution in [0.3, 0.4) is 0 Å². The summed E-state index contributed by atoms with van der Waals surface area (Å²) < 4.78 is 14.7. The topological polar surface area (TPSA) is 30.5 Å². The third-order valence-electron chi connectivity index (χ3n) is 2.96. The van der Waals surface area contributed by atoms with Crippen LogP contribution >= 0.6 is 12.8 Å². The molecule has 0 spiro atoms. The predicted octanol–water partition coefficient (Wildman–Crippen LogP) is 2.08. The molecule has 0 aliphatic carbocycles. The Morgan fingerprint density at radius 2 is 2.07 bits per heavy atom. The lowest BCUT2D eigenvalue weighted by atomic mass is 9.75. The van der Waals surface area contributed by atoms with Crippen LogP contribution in [0.1, 0.15) is 41.0 Å². The van der Waals surface area contributed by atoms with Gasteiger partial charge in [-0.2, -0.15) is 0 Å². The van der Waals surface area contributed by atoms with Gasteiger partial charge in [0.25, 0.3) is 0 Å². The molecule has 1 aliphatic rings. The maximum atomic E-state index is 5.88. The first-order valence-corrected chi connectivity index (χ1v) is 6.04. The van der Waals surface area contributed by atoms with Crippen LogP contribution in [-0.4, -0.2) is 24.8 Å². The van der Waals surface area contributed by atoms with Gasteiger partial charge < -0.3 is 9.31 Å². The maximum absolute atomic E-state index is 5.88. The average molecular weight is 231 g/mol. The first-order valence-electron chi connectivity index (χ1n) is 5.59. The monoisotopic (exact) mass is 231 g/mol. The van der Waals surface area contributed by atoms with Crippen LogP contribution in [0.15, 0.2) is 0 Å². The van der Waals surface area contributed by atoms with Crippen molar-refractivity contribution in [2.75, 3.05) is 0 Å². The van der Waals surface area contributed by atoms with Gasteiger partial charge in [-0.25, -0.2) is 0 Å². The Morgan fingerprint density at radius 3 is 2.40 bits per heavy atom. The summed E-state index contributed by atoms with van der Waals surface area (Å²) in [6.07, 6.45) is 1.12. The van der Waals surface area contributed by atoms with Gasteiger partial charge in [0, 0.05) is 0 Å². The summed E-state index contributed by atoms with van der Waals surface area (Å²) in [6.45, 7) is 10.5. The highest BCUT2D eigenvalue weighted by Gasteiger charge is 2.46. The van der Waals surface area contributed by atoms with Crippen LogP contribution in [-0.2, 0) is 9.31 Å². The molecular formula is C10H22BNO2S. The zero-order valence-corrected chi connectivity index (χ0v) is 11.2. The first kappa shape index (κ1) is 13.4. The van der Waals surface area contributed by atoms with Crippen LogP contribution in [0.5, 0.6) is 0 Å². The summed E-state index contributed by atoms with van der Waals surface area (Å²) in [4.78, 5) is 0. The average Bonchev–Trinajstić information content (AvgIpc) is 2.37. The van der Waals surface area contributed by atoms with E-state index in [1.165, 1.54) is 0 Å². The number of nitrogens with one attached hydrogen (secondary N) is 1. The quantitative estimate of drug-likeness (QED) is 0.573. The van der Waals surface area contributed by atoms with Crippen molar-refractivity contribution >= 4 is 19.9 Å². The van der Waals surface area contributed by atoms with E-state index in [1.807, 2.05) is 6.92 Å². The van der Waals surface area contributed by atoms with E-state index < -0.39 is 0 Å². The fourth-order valence-electron chi connectivity index (χ4n) is 1.70. The lowest BCUT2D eigenvalue weighted by molar-refractivity contribution is 0.0836. The van der Waals surface area contributed by atoms with E-state index >= 15 is 0 Å². The molecule has 0 aromatic heterocycles. The van der Waals surface area contributed by atoms with Gasteiger partial charge >= 0.3 is 7.12 Å². The predicted molar refractivity (Wildman–Crippen MR) is 66.8 cm³/mol. The molecule has 0 amide bonds. The second-order valence-corrected chi connectivity index (χ2v) is 5.49. The number of rotatable bonds is 4. The van der Waals surface area contributed by atoms with E-state index in [0.29, 0.717) is 5.92 Å². The molecule has 1 saturated heterocycles. The lowest BCUT2D eigenvalue weighted by Crippen LogP contribution is -2.42. The highest BCUT2D eigenvalue weighted by atomic mass is 32.1. The van der Waals surface area contributed by atoms with E-state index in [1.54, 1.807) is 0 Å². The van der Waals surface area contributed by atoms with Crippen molar-refractivity contribution in [1.82, 2.24) is 4.72 Å². The summed E-state index contributed by atoms with van der Waals surface area (Å²) in [6, 6.07) is 0. The Balaban J connectivity index is 2.57. The summed E-state index contributed by atoms with van der Waals surface area (Å²) in [5.74, 6) is 0.749. The third-order valence-corrected chi connectivity index (χ3v) is 3.29. The van der Waals surface area contributed by atoms with Crippen LogP contribution in [0.2, 0.25) is 0 Å². The third kappa shape index (κ3) is 3.38. The molecule has 0 saturated carbocycles. The summed E-state index contributed by atoms with van der Waals surface area (Å²) in [5, 5.41) is 0. The Morgan fingerprint density at radius 1 is 1.47 bits per heavy atom. The second kappa shape index (κ2) is 5.08. The molecule has 1 heterocycles. The van der Waals surface area contributed by atoms with Gasteiger partial charge in [-0.3, -0.25) is 4.72 Å². The van der Waals surface area contributed by atoms with Crippen LogP contribution in [0.4, 0.5) is 0 Å². The van der Waals surface area contributed by atoms with Gasteiger partial charge in [-0.15, -0.1) is 0 Å². The van der Waals surface area contributed by atoms with E-state index in [4.69, 9.17) is 9.31 Å². The number of thiol groups is 1. The fraction of sp³-hybridized carbons (Fsp3) is 1.00. The molecule has 2 unspecified atom stereocenters. The van der Waals surface area contributed by atoms with Crippen molar-refractivity contribution < 1.29 is 9.31 Å². The van der Waals surface area contributed by atoms with Crippen LogP contribution < -0.4 is 4.72 Å². The molecule has 1 fully saturated rings. The number of hydrogen-bond acceptors (Lipinski definition) is 4. The van der Waals surface area contributed by atoms with Gasteiger partial charge in [0.2, 0.25) is 0 Å². The molecule has 88 valence electrons. The van der Waals surface area contributed by atoms with E-state index in [9.17, 15) is 0 Å². The fourth-order valence-corrected chi connectivity index (χ4v) is 1.92. The summed E-state index contributed by atoms with van der Waals surface area (Å²) in [5.41, 5.74) is -0.204. The normalized spacial score (nSPS) is 27.4. The van der Waals surface area contributed by atoms with Gasteiger partial charge in [0.05, 0.1) is 17.6 Å². The minimum absolute atomic E-state index is 0.124. The molecule has 0 aromatic carbocycles. The molecular weight excluding hydrogens is 209 g/mol. The Bertz CT molecular complexity index is 214. The second-order valence-electron chi connectivity index (χ2n) is 5.23. The SMILES string of the molecule is CC(C)CC(NS)B1OC(C)C(C)(C)O1. The minimum Gasteiger partial charge on any atom is -0.405 e. The van der Waals surface area contributed by atoms with Crippen molar-refractivity contribution in [3.63, 3.8) is 0 Å². The minimum atomic E-state index is -0.204. The smallest absolute Gasteiger partial charge is 0.405 e. The van der Waals surface area contributed by atoms with Gasteiger partial charge in [0.15, 0.2) is 0 Å². The molecule has 1 rings (SSSR count). The first-order chi connectivity index (χ1) is 6.86. The van der Waals surface area contributed by atoms with E-state index in [2.05, 4.69) is 45.2 Å². The van der Waals surface area contributed by atoms with Gasteiger partial charge in [-0.05, 0) is 33.1 Å². The Kier molecular flexibility index (Phi) is 4.53. The van der Waals surface area contributed by atoms with E-state index in [0.717, 1.165) is 6.42 Å². The summed E-state index contributed by atoms with van der Waals surface area (Å²) in [7, 11) is -0.185. The Hall–Kier alpha value is 0.295. The van der Waals surface area contributed by atoms with Gasteiger partial charge in [-0.1, -0.05) is 26.7 Å². The zero-order chi connectivity index (χ0) is 11.6. The van der Waals surface area contributed by atoms with Crippen molar-refractivity contribution in [2.24, 2.45) is 5.92 Å². The van der Waals surface area contributed by atoms with Crippen molar-refractivity contribution in [2.45, 2.75) is 58.7 Å². The summed E-state index contributed by atoms with van der Waals surface area (Å²) >= 11 is 4.14. The molecule has 5 heteroatoms. The zero-order valence-electron chi connectivity index (χ0n) is 10.3. The van der Waals surface area contributed by atoms with Gasteiger partial charge in [0.1, 0.15) is 0 Å². The molecule has 0 aromatic rings. The standard InChI is InChI=1S/C10H22BNO2S/c1-7(2)6-9(12-15)11-13-8(3)10(4,5)14-11/h7-9,12,15H,6H2,1-5H3. The Labute approximate surface area is 99.0 Å². The maximum Gasteiger partial charge on any atom is 0.476 e. The molecule has 1 N–H and O–H groups in total. The number of hydrogen-bond donors (Lipinski definition) is 2. The van der Waals surface area contributed by atoms with Crippen molar-refractivity contribution in [3.8, 4) is 0 Å². The molecule has 1 aliphatic heterocycles.